The van der Waals surface area contributed by atoms with Crippen molar-refractivity contribution in [3.05, 3.63) is 48.0 Å². The summed E-state index contributed by atoms with van der Waals surface area (Å²) in [6, 6.07) is 6.98. The summed E-state index contributed by atoms with van der Waals surface area (Å²) in [7, 11) is 0. The molecule has 0 aromatic heterocycles. The van der Waals surface area contributed by atoms with E-state index in [1.165, 1.54) is 0 Å². The van der Waals surface area contributed by atoms with E-state index in [-0.39, 0.29) is 5.92 Å². The van der Waals surface area contributed by atoms with Crippen LogP contribution in [0, 0.1) is 0 Å². The second kappa shape index (κ2) is 3.90. The third-order valence-electron chi connectivity index (χ3n) is 2.04. The van der Waals surface area contributed by atoms with Gasteiger partial charge in [0.25, 0.3) is 0 Å². The molecule has 0 aliphatic rings. The molecule has 68 valence electrons. The molecule has 2 nitrogen and oxygen atoms in total. The van der Waals surface area contributed by atoms with Crippen molar-refractivity contribution >= 4 is 5.97 Å². The molecule has 0 amide bonds. The number of carbonyl (C=O) groups is 1. The molecule has 0 fully saturated rings. The van der Waals surface area contributed by atoms with Gasteiger partial charge >= 0.3 is 5.97 Å². The second-order valence-electron chi connectivity index (χ2n) is 2.92. The van der Waals surface area contributed by atoms with Gasteiger partial charge in [-0.3, -0.25) is 0 Å². The Balaban J connectivity index is 3.19. The van der Waals surface area contributed by atoms with Gasteiger partial charge in [-0.25, -0.2) is 4.79 Å². The fourth-order valence-electron chi connectivity index (χ4n) is 1.22. The van der Waals surface area contributed by atoms with Crippen LogP contribution in [0.4, 0.5) is 0 Å². The van der Waals surface area contributed by atoms with Gasteiger partial charge in [0.2, 0.25) is 0 Å². The normalized spacial score (nSPS) is 12.1. The maximum atomic E-state index is 10.8. The lowest BCUT2D eigenvalue weighted by Gasteiger charge is -2.09. The molecule has 0 radical (unpaired) electrons. The highest BCUT2D eigenvalue weighted by Crippen LogP contribution is 2.20. The summed E-state index contributed by atoms with van der Waals surface area (Å²) in [5.41, 5.74) is 1.17. The number of carboxylic acids is 1. The van der Waals surface area contributed by atoms with Gasteiger partial charge in [-0.2, -0.15) is 0 Å². The third kappa shape index (κ3) is 1.96. The highest BCUT2D eigenvalue weighted by atomic mass is 16.4. The average molecular weight is 176 g/mol. The summed E-state index contributed by atoms with van der Waals surface area (Å²) in [6.45, 7) is 5.57. The number of aromatic carboxylic acids is 1. The lowest BCUT2D eigenvalue weighted by molar-refractivity contribution is 0.0695. The van der Waals surface area contributed by atoms with Crippen molar-refractivity contribution in [2.75, 3.05) is 0 Å². The predicted molar refractivity (Wildman–Crippen MR) is 52.0 cm³/mol. The molecular formula is C11H12O2. The van der Waals surface area contributed by atoms with Crippen LogP contribution in [0.1, 0.15) is 28.8 Å². The highest BCUT2D eigenvalue weighted by molar-refractivity contribution is 5.89. The smallest absolute Gasteiger partial charge is 0.335 e. The zero-order valence-corrected chi connectivity index (χ0v) is 7.53. The molecule has 0 spiro atoms. The van der Waals surface area contributed by atoms with E-state index >= 15 is 0 Å². The topological polar surface area (TPSA) is 37.3 Å². The van der Waals surface area contributed by atoms with Gasteiger partial charge in [-0.05, 0) is 17.5 Å². The first kappa shape index (κ1) is 9.52. The van der Waals surface area contributed by atoms with Gasteiger partial charge < -0.3 is 5.11 Å². The van der Waals surface area contributed by atoms with E-state index in [0.717, 1.165) is 5.56 Å². The lowest BCUT2D eigenvalue weighted by atomic mass is 9.96. The van der Waals surface area contributed by atoms with Crippen LogP contribution in [-0.4, -0.2) is 11.1 Å². The Bertz CT molecular complexity index is 329. The second-order valence-corrected chi connectivity index (χ2v) is 2.92. The Hall–Kier alpha value is -1.57. The van der Waals surface area contributed by atoms with E-state index in [4.69, 9.17) is 5.11 Å². The molecule has 2 heteroatoms. The largest absolute Gasteiger partial charge is 0.478 e. The number of carboxylic acid groups (broad SMARTS) is 1. The van der Waals surface area contributed by atoms with Crippen LogP contribution in [-0.2, 0) is 0 Å². The van der Waals surface area contributed by atoms with Gasteiger partial charge in [0, 0.05) is 0 Å². The molecule has 1 aromatic rings. The summed E-state index contributed by atoms with van der Waals surface area (Å²) >= 11 is 0. The molecule has 0 bridgehead atoms. The summed E-state index contributed by atoms with van der Waals surface area (Å²) in [5.74, 6) is -0.809. The van der Waals surface area contributed by atoms with Crippen LogP contribution in [0.25, 0.3) is 0 Å². The van der Waals surface area contributed by atoms with E-state index in [9.17, 15) is 4.79 Å². The van der Waals surface area contributed by atoms with Crippen LogP contribution in [0.5, 0.6) is 0 Å². The van der Waals surface area contributed by atoms with Crippen LogP contribution in [0.3, 0.4) is 0 Å². The molecule has 1 unspecified atom stereocenters. The van der Waals surface area contributed by atoms with Crippen molar-refractivity contribution in [1.82, 2.24) is 0 Å². The van der Waals surface area contributed by atoms with Crippen LogP contribution in [0.2, 0.25) is 0 Å². The molecule has 1 rings (SSSR count). The van der Waals surface area contributed by atoms with Crippen molar-refractivity contribution in [2.45, 2.75) is 12.8 Å². The van der Waals surface area contributed by atoms with Gasteiger partial charge in [0.15, 0.2) is 0 Å². The standard InChI is InChI=1S/C11H12O2/c1-3-8(2)9-6-4-5-7-10(9)11(12)13/h3-8H,1H2,2H3,(H,12,13). The maximum absolute atomic E-state index is 10.8. The van der Waals surface area contributed by atoms with Crippen molar-refractivity contribution in [1.29, 1.82) is 0 Å². The van der Waals surface area contributed by atoms with E-state index in [0.29, 0.717) is 5.56 Å². The average Bonchev–Trinajstić information content (AvgIpc) is 2.16. The predicted octanol–water partition coefficient (Wildman–Crippen LogP) is 2.67. The number of hydrogen-bond acceptors (Lipinski definition) is 1. The van der Waals surface area contributed by atoms with Crippen molar-refractivity contribution in [3.8, 4) is 0 Å². The summed E-state index contributed by atoms with van der Waals surface area (Å²) in [6.07, 6.45) is 1.74. The number of benzene rings is 1. The van der Waals surface area contributed by atoms with Crippen molar-refractivity contribution in [2.24, 2.45) is 0 Å². The Labute approximate surface area is 77.5 Å². The summed E-state index contributed by atoms with van der Waals surface area (Å²) in [4.78, 5) is 10.8. The van der Waals surface area contributed by atoms with Crippen molar-refractivity contribution < 1.29 is 9.90 Å². The molecular weight excluding hydrogens is 164 g/mol. The Morgan fingerprint density at radius 1 is 1.54 bits per heavy atom. The number of allylic oxidation sites excluding steroid dienone is 1. The van der Waals surface area contributed by atoms with E-state index in [1.54, 1.807) is 18.2 Å². The molecule has 13 heavy (non-hydrogen) atoms. The van der Waals surface area contributed by atoms with Gasteiger partial charge in [-0.1, -0.05) is 31.2 Å². The Kier molecular flexibility index (Phi) is 2.85. The molecule has 1 N–H and O–H groups in total. The van der Waals surface area contributed by atoms with Gasteiger partial charge in [-0.15, -0.1) is 6.58 Å². The molecule has 0 saturated carbocycles. The zero-order chi connectivity index (χ0) is 9.84. The van der Waals surface area contributed by atoms with Crippen LogP contribution >= 0.6 is 0 Å². The Morgan fingerprint density at radius 2 is 2.15 bits per heavy atom. The minimum Gasteiger partial charge on any atom is -0.478 e. The summed E-state index contributed by atoms with van der Waals surface area (Å²) in [5, 5.41) is 8.88. The van der Waals surface area contributed by atoms with Crippen LogP contribution in [0.15, 0.2) is 36.9 Å². The first-order valence-electron chi connectivity index (χ1n) is 4.11. The van der Waals surface area contributed by atoms with E-state index in [1.807, 2.05) is 19.1 Å². The molecule has 1 atom stereocenters. The minimum atomic E-state index is -0.885. The van der Waals surface area contributed by atoms with Gasteiger partial charge in [0.1, 0.15) is 0 Å². The molecule has 1 aromatic carbocycles. The molecule has 0 aliphatic carbocycles. The van der Waals surface area contributed by atoms with E-state index < -0.39 is 5.97 Å². The first-order valence-corrected chi connectivity index (χ1v) is 4.11. The molecule has 0 heterocycles. The molecule has 0 aliphatic heterocycles. The summed E-state index contributed by atoms with van der Waals surface area (Å²) < 4.78 is 0. The maximum Gasteiger partial charge on any atom is 0.335 e. The van der Waals surface area contributed by atoms with E-state index in [2.05, 4.69) is 6.58 Å². The number of hydrogen-bond donors (Lipinski definition) is 1. The minimum absolute atomic E-state index is 0.0762. The third-order valence-corrected chi connectivity index (χ3v) is 2.04. The fourth-order valence-corrected chi connectivity index (χ4v) is 1.22. The molecule has 0 saturated heterocycles. The fraction of sp³-hybridized carbons (Fsp3) is 0.182. The Morgan fingerprint density at radius 3 is 2.69 bits per heavy atom. The number of rotatable bonds is 3. The highest BCUT2D eigenvalue weighted by Gasteiger charge is 2.11. The van der Waals surface area contributed by atoms with Crippen molar-refractivity contribution in [3.63, 3.8) is 0 Å². The monoisotopic (exact) mass is 176 g/mol. The van der Waals surface area contributed by atoms with Gasteiger partial charge in [0.05, 0.1) is 5.56 Å². The first-order chi connectivity index (χ1) is 6.16. The van der Waals surface area contributed by atoms with Crippen LogP contribution < -0.4 is 0 Å². The lowest BCUT2D eigenvalue weighted by Crippen LogP contribution is -2.03. The quantitative estimate of drug-likeness (QED) is 0.719. The SMILES string of the molecule is C=CC(C)c1ccccc1C(=O)O. The zero-order valence-electron chi connectivity index (χ0n) is 7.53.